The fourth-order valence-corrected chi connectivity index (χ4v) is 5.65. The lowest BCUT2D eigenvalue weighted by Gasteiger charge is -2.25. The fourth-order valence-electron chi connectivity index (χ4n) is 4.98. The van der Waals surface area contributed by atoms with Crippen LogP contribution in [-0.4, -0.2) is 35.4 Å². The van der Waals surface area contributed by atoms with Gasteiger partial charge in [-0.2, -0.15) is 0 Å². The molecule has 4 N–H and O–H groups in total. The van der Waals surface area contributed by atoms with Crippen molar-refractivity contribution >= 4 is 39.5 Å². The molecule has 1 aliphatic carbocycles. The van der Waals surface area contributed by atoms with Crippen molar-refractivity contribution in [2.45, 2.75) is 31.6 Å². The van der Waals surface area contributed by atoms with Crippen LogP contribution >= 0.6 is 11.3 Å². The minimum absolute atomic E-state index is 0.180. The molecule has 8 nitrogen and oxygen atoms in total. The number of benzene rings is 1. The molecular formula is C24H22N6O2S. The highest BCUT2D eigenvalue weighted by atomic mass is 32.1. The number of anilines is 1. The summed E-state index contributed by atoms with van der Waals surface area (Å²) in [5, 5.41) is 13.4. The third-order valence-electron chi connectivity index (χ3n) is 6.63. The summed E-state index contributed by atoms with van der Waals surface area (Å²) in [5.74, 6) is 0.543. The van der Waals surface area contributed by atoms with E-state index in [1.807, 2.05) is 28.2 Å². The van der Waals surface area contributed by atoms with Gasteiger partial charge in [0.05, 0.1) is 17.1 Å². The summed E-state index contributed by atoms with van der Waals surface area (Å²) in [5.41, 5.74) is 10.8. The maximum atomic E-state index is 11.4. The highest BCUT2D eigenvalue weighted by molar-refractivity contribution is 7.13. The first-order chi connectivity index (χ1) is 16.1. The number of aliphatic carboxylic acids is 1. The zero-order chi connectivity index (χ0) is 22.5. The molecule has 5 aromatic rings. The van der Waals surface area contributed by atoms with Gasteiger partial charge in [0.1, 0.15) is 27.9 Å². The van der Waals surface area contributed by atoms with Crippen molar-refractivity contribution in [1.82, 2.24) is 24.3 Å². The number of nitrogens with one attached hydrogen (secondary N) is 1. The molecule has 0 bridgehead atoms. The number of carboxylic acid groups (broad SMARTS) is 1. The zero-order valence-corrected chi connectivity index (χ0v) is 18.5. The summed E-state index contributed by atoms with van der Waals surface area (Å²) in [7, 11) is 0. The Morgan fingerprint density at radius 2 is 2.03 bits per heavy atom. The van der Waals surface area contributed by atoms with E-state index in [4.69, 9.17) is 10.7 Å². The number of rotatable bonds is 4. The highest BCUT2D eigenvalue weighted by Crippen LogP contribution is 2.39. The Bertz CT molecular complexity index is 1480. The number of H-pyrrole nitrogens is 1. The van der Waals surface area contributed by atoms with Crippen LogP contribution in [0.1, 0.15) is 37.4 Å². The lowest BCUT2D eigenvalue weighted by atomic mass is 9.81. The van der Waals surface area contributed by atoms with Crippen LogP contribution in [0.15, 0.2) is 48.2 Å². The van der Waals surface area contributed by atoms with Crippen LogP contribution in [-0.2, 0) is 4.79 Å². The number of nitrogen functional groups attached to an aromatic ring is 1. The summed E-state index contributed by atoms with van der Waals surface area (Å²) >= 11 is 1.60. The molecule has 1 aromatic carbocycles. The Hall–Kier alpha value is -3.72. The summed E-state index contributed by atoms with van der Waals surface area (Å²) in [6.45, 7) is 0. The normalized spacial score (nSPS) is 18.8. The highest BCUT2D eigenvalue weighted by Gasteiger charge is 2.30. The molecule has 0 aliphatic heterocycles. The van der Waals surface area contributed by atoms with Crippen LogP contribution in [0, 0.1) is 5.92 Å². The number of imidazole rings is 1. The van der Waals surface area contributed by atoms with Gasteiger partial charge in [-0.1, -0.05) is 12.1 Å². The van der Waals surface area contributed by atoms with Crippen molar-refractivity contribution in [2.75, 3.05) is 5.73 Å². The van der Waals surface area contributed by atoms with E-state index < -0.39 is 5.97 Å². The number of carbonyl (C=O) groups is 1. The topological polar surface area (TPSA) is 122 Å². The van der Waals surface area contributed by atoms with E-state index in [0.717, 1.165) is 57.0 Å². The van der Waals surface area contributed by atoms with Gasteiger partial charge in [0.15, 0.2) is 0 Å². The Morgan fingerprint density at radius 1 is 1.18 bits per heavy atom. The SMILES string of the molecule is Nc1nccn2c1c(-c1cc3cccc(-c4nccs4)c3[nH]1)nc2[C@H]1CC[C@H](C(=O)O)CC1. The number of carboxylic acids is 1. The zero-order valence-electron chi connectivity index (χ0n) is 17.7. The molecule has 0 atom stereocenters. The Balaban J connectivity index is 1.48. The minimum atomic E-state index is -0.704. The monoisotopic (exact) mass is 458 g/mol. The number of hydrogen-bond donors (Lipinski definition) is 3. The summed E-state index contributed by atoms with van der Waals surface area (Å²) in [6, 6.07) is 8.26. The fraction of sp³-hybridized carbons (Fsp3) is 0.250. The first kappa shape index (κ1) is 19.9. The number of hydrogen-bond acceptors (Lipinski definition) is 6. The molecule has 6 rings (SSSR count). The van der Waals surface area contributed by atoms with E-state index >= 15 is 0 Å². The molecule has 0 unspecified atom stereocenters. The van der Waals surface area contributed by atoms with Gasteiger partial charge in [-0.05, 0) is 37.8 Å². The van der Waals surface area contributed by atoms with Crippen molar-refractivity contribution in [3.63, 3.8) is 0 Å². The number of thiazole rings is 1. The Labute approximate surface area is 193 Å². The smallest absolute Gasteiger partial charge is 0.306 e. The quantitative estimate of drug-likeness (QED) is 0.351. The maximum absolute atomic E-state index is 11.4. The molecule has 1 fully saturated rings. The molecule has 1 saturated carbocycles. The van der Waals surface area contributed by atoms with E-state index in [1.165, 1.54) is 0 Å². The molecule has 166 valence electrons. The lowest BCUT2D eigenvalue weighted by Crippen LogP contribution is -2.21. The average Bonchev–Trinajstić information content (AvgIpc) is 3.57. The largest absolute Gasteiger partial charge is 0.481 e. The molecule has 33 heavy (non-hydrogen) atoms. The number of nitrogens with two attached hydrogens (primary N) is 1. The van der Waals surface area contributed by atoms with Crippen molar-refractivity contribution < 1.29 is 9.90 Å². The molecule has 0 radical (unpaired) electrons. The molecule has 4 aromatic heterocycles. The second kappa shape index (κ2) is 7.70. The molecule has 9 heteroatoms. The van der Waals surface area contributed by atoms with Crippen LogP contribution in [0.5, 0.6) is 0 Å². The van der Waals surface area contributed by atoms with Gasteiger partial charge >= 0.3 is 5.97 Å². The van der Waals surface area contributed by atoms with Crippen LogP contribution in [0.4, 0.5) is 5.82 Å². The first-order valence-electron chi connectivity index (χ1n) is 11.0. The van der Waals surface area contributed by atoms with E-state index in [9.17, 15) is 9.90 Å². The Morgan fingerprint density at radius 3 is 2.79 bits per heavy atom. The number of para-hydroxylation sites is 1. The van der Waals surface area contributed by atoms with Crippen LogP contribution in [0.3, 0.4) is 0 Å². The predicted molar refractivity (Wildman–Crippen MR) is 128 cm³/mol. The second-order valence-corrected chi connectivity index (χ2v) is 9.42. The van der Waals surface area contributed by atoms with E-state index in [-0.39, 0.29) is 11.8 Å². The number of aromatic nitrogens is 5. The third-order valence-corrected chi connectivity index (χ3v) is 7.43. The summed E-state index contributed by atoms with van der Waals surface area (Å²) in [4.78, 5) is 28.8. The molecule has 0 spiro atoms. The van der Waals surface area contributed by atoms with Crippen molar-refractivity contribution in [1.29, 1.82) is 0 Å². The van der Waals surface area contributed by atoms with Crippen LogP contribution in [0.2, 0.25) is 0 Å². The first-order valence-corrected chi connectivity index (χ1v) is 11.9. The predicted octanol–water partition coefficient (Wildman–Crippen LogP) is 4.94. The summed E-state index contributed by atoms with van der Waals surface area (Å²) < 4.78 is 2.02. The van der Waals surface area contributed by atoms with Gasteiger partial charge in [0.25, 0.3) is 0 Å². The number of nitrogens with zero attached hydrogens (tertiary/aromatic N) is 4. The number of fused-ring (bicyclic) bond motifs is 2. The molecular weight excluding hydrogens is 436 g/mol. The molecule has 1 aliphatic rings. The standard InChI is InChI=1S/C24H22N6O2S/c25-21-20-19(17-12-15-2-1-3-16(18(15)28-17)23-27-9-11-33-23)29-22(30(20)10-8-26-21)13-4-6-14(7-5-13)24(31)32/h1-3,8-14,28H,4-7H2,(H2,25,26)(H,31,32)/t13-,14-. The molecule has 0 amide bonds. The van der Waals surface area contributed by atoms with Gasteiger partial charge in [-0.25, -0.2) is 15.0 Å². The van der Waals surface area contributed by atoms with Gasteiger partial charge in [-0.15, -0.1) is 11.3 Å². The van der Waals surface area contributed by atoms with Crippen molar-refractivity contribution in [3.05, 3.63) is 54.1 Å². The average molecular weight is 459 g/mol. The summed E-state index contributed by atoms with van der Waals surface area (Å²) in [6.07, 6.45) is 8.29. The molecule has 4 heterocycles. The van der Waals surface area contributed by atoms with Crippen molar-refractivity contribution in [3.8, 4) is 22.0 Å². The molecule has 0 saturated heterocycles. The second-order valence-electron chi connectivity index (χ2n) is 8.53. The van der Waals surface area contributed by atoms with Crippen molar-refractivity contribution in [2.24, 2.45) is 5.92 Å². The minimum Gasteiger partial charge on any atom is -0.481 e. The third kappa shape index (κ3) is 3.27. The maximum Gasteiger partial charge on any atom is 0.306 e. The lowest BCUT2D eigenvalue weighted by molar-refractivity contribution is -0.142. The van der Waals surface area contributed by atoms with E-state index in [1.54, 1.807) is 17.5 Å². The van der Waals surface area contributed by atoms with Crippen LogP contribution in [0.25, 0.3) is 38.4 Å². The van der Waals surface area contributed by atoms with Gasteiger partial charge < -0.3 is 15.8 Å². The van der Waals surface area contributed by atoms with Gasteiger partial charge in [0.2, 0.25) is 0 Å². The number of aromatic amines is 1. The van der Waals surface area contributed by atoms with Gasteiger partial charge in [0, 0.05) is 40.8 Å². The van der Waals surface area contributed by atoms with E-state index in [2.05, 4.69) is 33.2 Å². The van der Waals surface area contributed by atoms with Gasteiger partial charge in [-0.3, -0.25) is 9.20 Å². The van der Waals surface area contributed by atoms with Crippen LogP contribution < -0.4 is 5.73 Å². The Kier molecular flexibility index (Phi) is 4.65. The van der Waals surface area contributed by atoms with E-state index in [0.29, 0.717) is 18.7 Å².